The second kappa shape index (κ2) is 6.09. The molecule has 1 N–H and O–H groups in total. The molecule has 0 saturated carbocycles. The van der Waals surface area contributed by atoms with Crippen LogP contribution >= 0.6 is 11.5 Å². The lowest BCUT2D eigenvalue weighted by atomic mass is 10.2. The summed E-state index contributed by atoms with van der Waals surface area (Å²) in [4.78, 5) is 14.4. The molecular weight excluding hydrogens is 288 g/mol. The Hall–Kier alpha value is -2.15. The first kappa shape index (κ1) is 13.8. The Morgan fingerprint density at radius 2 is 2.29 bits per heavy atom. The molecule has 0 bridgehead atoms. The minimum absolute atomic E-state index is 0.0291. The highest BCUT2D eigenvalue weighted by molar-refractivity contribution is 7.10. The number of aromatic nitrogens is 2. The van der Waals surface area contributed by atoms with Crippen LogP contribution in [-0.4, -0.2) is 40.1 Å². The van der Waals surface area contributed by atoms with Crippen LogP contribution in [-0.2, 0) is 6.54 Å². The van der Waals surface area contributed by atoms with Gasteiger partial charge in [0.25, 0.3) is 5.91 Å². The van der Waals surface area contributed by atoms with Crippen LogP contribution in [0.25, 0.3) is 0 Å². The van der Waals surface area contributed by atoms with Gasteiger partial charge in [0.05, 0.1) is 18.7 Å². The molecule has 0 fully saturated rings. The third-order valence-electron chi connectivity index (χ3n) is 3.26. The lowest BCUT2D eigenvalue weighted by Crippen LogP contribution is -2.32. The Morgan fingerprint density at radius 3 is 3.14 bits per heavy atom. The van der Waals surface area contributed by atoms with Crippen LogP contribution in [0.1, 0.15) is 23.0 Å². The van der Waals surface area contributed by atoms with Crippen LogP contribution in [0.2, 0.25) is 0 Å². The van der Waals surface area contributed by atoms with Crippen molar-refractivity contribution < 1.29 is 9.53 Å². The van der Waals surface area contributed by atoms with Gasteiger partial charge in [0.1, 0.15) is 23.1 Å². The molecule has 7 heteroatoms. The first-order valence-electron chi connectivity index (χ1n) is 6.85. The maximum atomic E-state index is 12.6. The summed E-state index contributed by atoms with van der Waals surface area (Å²) in [5, 5.41) is 8.26. The average Bonchev–Trinajstić information content (AvgIpc) is 2.87. The highest BCUT2D eigenvalue weighted by Gasteiger charge is 2.24. The molecule has 0 radical (unpaired) electrons. The van der Waals surface area contributed by atoms with Crippen LogP contribution in [0.3, 0.4) is 0 Å². The number of rotatable bonds is 4. The Balaban J connectivity index is 1.83. The molecule has 0 saturated heterocycles. The van der Waals surface area contributed by atoms with Crippen molar-refractivity contribution in [3.05, 3.63) is 35.5 Å². The van der Waals surface area contributed by atoms with Gasteiger partial charge in [-0.05, 0) is 19.1 Å². The number of amides is 1. The van der Waals surface area contributed by atoms with E-state index in [2.05, 4.69) is 14.9 Å². The highest BCUT2D eigenvalue weighted by atomic mass is 32.1. The molecule has 1 aromatic heterocycles. The van der Waals surface area contributed by atoms with E-state index in [1.807, 2.05) is 25.1 Å². The summed E-state index contributed by atoms with van der Waals surface area (Å²) in [6.45, 7) is 4.28. The maximum absolute atomic E-state index is 12.6. The first-order valence-corrected chi connectivity index (χ1v) is 7.63. The van der Waals surface area contributed by atoms with E-state index in [4.69, 9.17) is 4.74 Å². The number of nitrogens with zero attached hydrogens (tertiary/aromatic N) is 3. The Bertz CT molecular complexity index is 643. The molecule has 2 heterocycles. The van der Waals surface area contributed by atoms with Gasteiger partial charge in [-0.3, -0.25) is 4.79 Å². The fraction of sp³-hybridized carbons (Fsp3) is 0.357. The molecule has 3 rings (SSSR count). The van der Waals surface area contributed by atoms with Crippen molar-refractivity contribution in [1.29, 1.82) is 0 Å². The van der Waals surface area contributed by atoms with E-state index in [1.54, 1.807) is 11.0 Å². The molecule has 110 valence electrons. The van der Waals surface area contributed by atoms with Gasteiger partial charge < -0.3 is 15.0 Å². The minimum Gasteiger partial charge on any atom is -0.491 e. The second-order valence-corrected chi connectivity index (χ2v) is 5.40. The fourth-order valence-corrected chi connectivity index (χ4v) is 2.89. The fourth-order valence-electron chi connectivity index (χ4n) is 2.25. The summed E-state index contributed by atoms with van der Waals surface area (Å²) >= 11 is 1.31. The molecule has 0 unspecified atom stereocenters. The van der Waals surface area contributed by atoms with Crippen molar-refractivity contribution in [3.63, 3.8) is 0 Å². The van der Waals surface area contributed by atoms with Crippen LogP contribution in [0.5, 0.6) is 5.75 Å². The van der Waals surface area contributed by atoms with E-state index in [9.17, 15) is 4.79 Å². The number of benzene rings is 1. The van der Waals surface area contributed by atoms with Gasteiger partial charge in [-0.25, -0.2) is 0 Å². The third-order valence-corrected chi connectivity index (χ3v) is 3.98. The number of nitrogens with one attached hydrogen (secondary N) is 1. The molecule has 0 aliphatic carbocycles. The smallest absolute Gasteiger partial charge is 0.258 e. The molecule has 1 aliphatic rings. The number of anilines is 1. The molecule has 1 amide bonds. The topological polar surface area (TPSA) is 67.3 Å². The Morgan fingerprint density at radius 1 is 1.43 bits per heavy atom. The summed E-state index contributed by atoms with van der Waals surface area (Å²) < 4.78 is 9.59. The molecule has 6 nitrogen and oxygen atoms in total. The number of hydrogen-bond acceptors (Lipinski definition) is 6. The Labute approximate surface area is 126 Å². The van der Waals surface area contributed by atoms with Crippen LogP contribution < -0.4 is 10.1 Å². The molecule has 0 spiro atoms. The van der Waals surface area contributed by atoms with Crippen molar-refractivity contribution in [2.45, 2.75) is 13.5 Å². The number of fused-ring (bicyclic) bond motifs is 1. The highest BCUT2D eigenvalue weighted by Crippen LogP contribution is 2.25. The van der Waals surface area contributed by atoms with Gasteiger partial charge in [0, 0.05) is 18.1 Å². The minimum atomic E-state index is -0.0291. The molecule has 1 aromatic carbocycles. The number of carbonyl (C=O) groups excluding carboxylic acids is 1. The number of carbonyl (C=O) groups is 1. The van der Waals surface area contributed by atoms with Gasteiger partial charge in [0.15, 0.2) is 0 Å². The third kappa shape index (κ3) is 2.82. The van der Waals surface area contributed by atoms with Crippen molar-refractivity contribution in [2.75, 3.05) is 25.0 Å². The van der Waals surface area contributed by atoms with Crippen molar-refractivity contribution in [1.82, 2.24) is 14.5 Å². The van der Waals surface area contributed by atoms with Crippen LogP contribution in [0, 0.1) is 0 Å². The predicted molar refractivity (Wildman–Crippen MR) is 80.8 cm³/mol. The summed E-state index contributed by atoms with van der Waals surface area (Å²) in [6, 6.07) is 7.33. The zero-order valence-electron chi connectivity index (χ0n) is 11.7. The van der Waals surface area contributed by atoms with E-state index in [0.29, 0.717) is 31.0 Å². The normalized spacial score (nSPS) is 14.3. The molecule has 0 atom stereocenters. The molecule has 2 aromatic rings. The lowest BCUT2D eigenvalue weighted by Gasteiger charge is -2.19. The standard InChI is InChI=1S/C14H16N4O2S/c1-2-15-13-11(16-17-21-13)9-18-7-8-20-12-6-4-3-5-10(12)14(18)19/h3-6,15H,2,7-9H2,1H3. The lowest BCUT2D eigenvalue weighted by molar-refractivity contribution is 0.0741. The van der Waals surface area contributed by atoms with Gasteiger partial charge in [0.2, 0.25) is 0 Å². The number of ether oxygens (including phenoxy) is 1. The second-order valence-electron chi connectivity index (χ2n) is 4.65. The van der Waals surface area contributed by atoms with E-state index in [1.165, 1.54) is 11.5 Å². The summed E-state index contributed by atoms with van der Waals surface area (Å²) in [5.74, 6) is 0.617. The van der Waals surface area contributed by atoms with Crippen LogP contribution in [0.4, 0.5) is 5.00 Å². The monoisotopic (exact) mass is 304 g/mol. The quantitative estimate of drug-likeness (QED) is 0.936. The summed E-state index contributed by atoms with van der Waals surface area (Å²) in [7, 11) is 0. The summed E-state index contributed by atoms with van der Waals surface area (Å²) in [6.07, 6.45) is 0. The Kier molecular flexibility index (Phi) is 4.01. The van der Waals surface area contributed by atoms with Crippen molar-refractivity contribution in [3.8, 4) is 5.75 Å². The van der Waals surface area contributed by atoms with Crippen molar-refractivity contribution >= 4 is 22.4 Å². The summed E-state index contributed by atoms with van der Waals surface area (Å²) in [5.41, 5.74) is 1.40. The zero-order valence-corrected chi connectivity index (χ0v) is 12.5. The molecule has 1 aliphatic heterocycles. The largest absolute Gasteiger partial charge is 0.491 e. The number of hydrogen-bond donors (Lipinski definition) is 1. The van der Waals surface area contributed by atoms with Gasteiger partial charge in [-0.2, -0.15) is 0 Å². The van der Waals surface area contributed by atoms with Crippen LogP contribution in [0.15, 0.2) is 24.3 Å². The van der Waals surface area contributed by atoms with E-state index >= 15 is 0 Å². The first-order chi connectivity index (χ1) is 10.3. The van der Waals surface area contributed by atoms with Crippen molar-refractivity contribution in [2.24, 2.45) is 0 Å². The molecular formula is C14H16N4O2S. The van der Waals surface area contributed by atoms with Gasteiger partial charge in [-0.1, -0.05) is 16.6 Å². The maximum Gasteiger partial charge on any atom is 0.258 e. The SMILES string of the molecule is CCNc1snnc1CN1CCOc2ccccc2C1=O. The molecule has 21 heavy (non-hydrogen) atoms. The van der Waals surface area contributed by atoms with Gasteiger partial charge >= 0.3 is 0 Å². The predicted octanol–water partition coefficient (Wildman–Crippen LogP) is 2.00. The van der Waals surface area contributed by atoms with E-state index < -0.39 is 0 Å². The zero-order chi connectivity index (χ0) is 14.7. The average molecular weight is 304 g/mol. The van der Waals surface area contributed by atoms with E-state index in [0.717, 1.165) is 17.2 Å². The van der Waals surface area contributed by atoms with E-state index in [-0.39, 0.29) is 5.91 Å². The van der Waals surface area contributed by atoms with Gasteiger partial charge in [-0.15, -0.1) is 5.10 Å². The number of para-hydroxylation sites is 1.